The second-order valence-corrected chi connectivity index (χ2v) is 4.93. The fourth-order valence-electron chi connectivity index (χ4n) is 2.45. The van der Waals surface area contributed by atoms with Gasteiger partial charge in [0.15, 0.2) is 0 Å². The fraction of sp³-hybridized carbons (Fsp3) is 0.400. The molecule has 1 unspecified atom stereocenters. The Hall–Kier alpha value is -1.41. The van der Waals surface area contributed by atoms with Gasteiger partial charge in [-0.05, 0) is 37.9 Å². The second kappa shape index (κ2) is 4.46. The van der Waals surface area contributed by atoms with Crippen LogP contribution >= 0.6 is 0 Å². The third-order valence-electron chi connectivity index (χ3n) is 3.65. The molecule has 0 bridgehead atoms. The van der Waals surface area contributed by atoms with Crippen LogP contribution in [0.1, 0.15) is 18.5 Å². The van der Waals surface area contributed by atoms with E-state index in [-0.39, 0.29) is 0 Å². The molecule has 0 amide bonds. The zero-order valence-electron chi connectivity index (χ0n) is 10.2. The van der Waals surface area contributed by atoms with Crippen molar-refractivity contribution in [1.82, 2.24) is 10.3 Å². The molecule has 1 fully saturated rings. The molecular weight excluding hydrogens is 208 g/mol. The fourth-order valence-corrected chi connectivity index (χ4v) is 2.45. The molecule has 0 saturated heterocycles. The molecule has 0 radical (unpaired) electrons. The van der Waals surface area contributed by atoms with E-state index in [2.05, 4.69) is 48.8 Å². The largest absolute Gasteiger partial charge is 0.316 e. The number of pyridine rings is 1. The van der Waals surface area contributed by atoms with Gasteiger partial charge in [-0.1, -0.05) is 24.3 Å². The third kappa shape index (κ3) is 2.32. The number of rotatable bonds is 4. The van der Waals surface area contributed by atoms with E-state index in [9.17, 15) is 0 Å². The molecule has 1 saturated carbocycles. The third-order valence-corrected chi connectivity index (χ3v) is 3.65. The average molecular weight is 226 g/mol. The molecule has 1 heterocycles. The maximum absolute atomic E-state index is 4.73. The van der Waals surface area contributed by atoms with Gasteiger partial charge < -0.3 is 5.32 Å². The lowest BCUT2D eigenvalue weighted by Gasteiger charge is -2.14. The van der Waals surface area contributed by atoms with Crippen LogP contribution in [0.25, 0.3) is 10.9 Å². The van der Waals surface area contributed by atoms with E-state index in [1.165, 1.54) is 23.9 Å². The van der Waals surface area contributed by atoms with Gasteiger partial charge in [-0.2, -0.15) is 0 Å². The van der Waals surface area contributed by atoms with E-state index in [0.29, 0.717) is 6.04 Å². The summed E-state index contributed by atoms with van der Waals surface area (Å²) >= 11 is 0. The summed E-state index contributed by atoms with van der Waals surface area (Å²) in [7, 11) is 2.06. The number of nitrogens with one attached hydrogen (secondary N) is 1. The molecule has 2 heteroatoms. The van der Waals surface area contributed by atoms with Crippen molar-refractivity contribution >= 4 is 10.9 Å². The number of hydrogen-bond donors (Lipinski definition) is 1. The summed E-state index contributed by atoms with van der Waals surface area (Å²) in [6, 6.07) is 13.3. The summed E-state index contributed by atoms with van der Waals surface area (Å²) in [5, 5.41) is 4.65. The number of para-hydroxylation sites is 1. The van der Waals surface area contributed by atoms with E-state index in [1.54, 1.807) is 0 Å². The van der Waals surface area contributed by atoms with Crippen molar-refractivity contribution in [3.05, 3.63) is 42.1 Å². The SMILES string of the molecule is CNC(Cc1ccc2ccccc2n1)C1CC1. The first-order valence-electron chi connectivity index (χ1n) is 6.39. The van der Waals surface area contributed by atoms with Gasteiger partial charge in [-0.15, -0.1) is 0 Å². The molecule has 1 atom stereocenters. The Morgan fingerprint density at radius 1 is 1.24 bits per heavy atom. The second-order valence-electron chi connectivity index (χ2n) is 4.93. The Labute approximate surface area is 102 Å². The minimum Gasteiger partial charge on any atom is -0.316 e. The van der Waals surface area contributed by atoms with E-state index in [1.807, 2.05) is 0 Å². The molecule has 88 valence electrons. The highest BCUT2D eigenvalue weighted by atomic mass is 14.9. The van der Waals surface area contributed by atoms with Gasteiger partial charge in [0.1, 0.15) is 0 Å². The molecule has 3 rings (SSSR count). The number of likely N-dealkylation sites (N-methyl/N-ethyl adjacent to an activating group) is 1. The first kappa shape index (κ1) is 10.7. The first-order chi connectivity index (χ1) is 8.36. The smallest absolute Gasteiger partial charge is 0.0705 e. The summed E-state index contributed by atoms with van der Waals surface area (Å²) in [5.41, 5.74) is 2.31. The van der Waals surface area contributed by atoms with Crippen LogP contribution in [-0.2, 0) is 6.42 Å². The van der Waals surface area contributed by atoms with Crippen molar-refractivity contribution < 1.29 is 0 Å². The normalized spacial score (nSPS) is 17.2. The maximum Gasteiger partial charge on any atom is 0.0705 e. The summed E-state index contributed by atoms with van der Waals surface area (Å²) in [6.07, 6.45) is 3.80. The Bertz CT molecular complexity index is 517. The van der Waals surface area contributed by atoms with Gasteiger partial charge in [-0.3, -0.25) is 4.98 Å². The maximum atomic E-state index is 4.73. The first-order valence-corrected chi connectivity index (χ1v) is 6.39. The molecule has 1 aromatic carbocycles. The number of hydrogen-bond acceptors (Lipinski definition) is 2. The molecule has 2 nitrogen and oxygen atoms in total. The van der Waals surface area contributed by atoms with Crippen molar-refractivity contribution in [2.24, 2.45) is 5.92 Å². The predicted molar refractivity (Wildman–Crippen MR) is 71.0 cm³/mol. The minimum absolute atomic E-state index is 0.601. The van der Waals surface area contributed by atoms with Crippen LogP contribution < -0.4 is 5.32 Å². The van der Waals surface area contributed by atoms with Crippen molar-refractivity contribution in [3.8, 4) is 0 Å². The highest BCUT2D eigenvalue weighted by molar-refractivity contribution is 5.78. The van der Waals surface area contributed by atoms with E-state index >= 15 is 0 Å². The topological polar surface area (TPSA) is 24.9 Å². The molecule has 1 aliphatic carbocycles. The van der Waals surface area contributed by atoms with Gasteiger partial charge in [0.2, 0.25) is 0 Å². The van der Waals surface area contributed by atoms with Crippen LogP contribution in [0.4, 0.5) is 0 Å². The van der Waals surface area contributed by atoms with Gasteiger partial charge in [-0.25, -0.2) is 0 Å². The molecule has 0 spiro atoms. The highest BCUT2D eigenvalue weighted by Crippen LogP contribution is 2.33. The van der Waals surface area contributed by atoms with E-state index in [0.717, 1.165) is 17.9 Å². The van der Waals surface area contributed by atoms with Gasteiger partial charge >= 0.3 is 0 Å². The van der Waals surface area contributed by atoms with Crippen LogP contribution in [0.3, 0.4) is 0 Å². The Kier molecular flexibility index (Phi) is 2.81. The minimum atomic E-state index is 0.601. The van der Waals surface area contributed by atoms with Crippen LogP contribution in [0.2, 0.25) is 0 Å². The van der Waals surface area contributed by atoms with Gasteiger partial charge in [0, 0.05) is 23.5 Å². The molecule has 2 aromatic rings. The molecular formula is C15H18N2. The molecule has 1 N–H and O–H groups in total. The number of aromatic nitrogens is 1. The lowest BCUT2D eigenvalue weighted by Crippen LogP contribution is -2.29. The molecule has 1 aliphatic rings. The lowest BCUT2D eigenvalue weighted by molar-refractivity contribution is 0.496. The molecule has 17 heavy (non-hydrogen) atoms. The highest BCUT2D eigenvalue weighted by Gasteiger charge is 2.30. The van der Waals surface area contributed by atoms with Crippen molar-refractivity contribution in [2.45, 2.75) is 25.3 Å². The van der Waals surface area contributed by atoms with Gasteiger partial charge in [0.05, 0.1) is 5.52 Å². The standard InChI is InChI=1S/C15H18N2/c1-16-15(12-6-7-12)10-13-9-8-11-4-2-3-5-14(11)17-13/h2-5,8-9,12,15-16H,6-7,10H2,1H3. The Balaban J connectivity index is 1.84. The quantitative estimate of drug-likeness (QED) is 0.867. The van der Waals surface area contributed by atoms with Crippen LogP contribution in [0.5, 0.6) is 0 Å². The lowest BCUT2D eigenvalue weighted by atomic mass is 10.1. The summed E-state index contributed by atoms with van der Waals surface area (Å²) < 4.78 is 0. The predicted octanol–water partition coefficient (Wildman–Crippen LogP) is 2.78. The summed E-state index contributed by atoms with van der Waals surface area (Å²) in [6.45, 7) is 0. The van der Waals surface area contributed by atoms with E-state index < -0.39 is 0 Å². The summed E-state index contributed by atoms with van der Waals surface area (Å²) in [4.78, 5) is 4.73. The molecule has 1 aromatic heterocycles. The van der Waals surface area contributed by atoms with Crippen LogP contribution in [0.15, 0.2) is 36.4 Å². The van der Waals surface area contributed by atoms with E-state index in [4.69, 9.17) is 4.98 Å². The number of nitrogens with zero attached hydrogens (tertiary/aromatic N) is 1. The van der Waals surface area contributed by atoms with Gasteiger partial charge in [0.25, 0.3) is 0 Å². The average Bonchev–Trinajstić information content (AvgIpc) is 3.20. The van der Waals surface area contributed by atoms with Crippen LogP contribution in [0, 0.1) is 5.92 Å². The summed E-state index contributed by atoms with van der Waals surface area (Å²) in [5.74, 6) is 0.869. The monoisotopic (exact) mass is 226 g/mol. The van der Waals surface area contributed by atoms with Crippen molar-refractivity contribution in [3.63, 3.8) is 0 Å². The van der Waals surface area contributed by atoms with Crippen molar-refractivity contribution in [1.29, 1.82) is 0 Å². The molecule has 0 aliphatic heterocycles. The number of fused-ring (bicyclic) bond motifs is 1. The van der Waals surface area contributed by atoms with Crippen molar-refractivity contribution in [2.75, 3.05) is 7.05 Å². The van der Waals surface area contributed by atoms with Crippen LogP contribution in [-0.4, -0.2) is 18.1 Å². The number of benzene rings is 1. The zero-order valence-corrected chi connectivity index (χ0v) is 10.2. The zero-order chi connectivity index (χ0) is 11.7. The Morgan fingerprint density at radius 3 is 2.82 bits per heavy atom. The Morgan fingerprint density at radius 2 is 2.06 bits per heavy atom.